The summed E-state index contributed by atoms with van der Waals surface area (Å²) in [5.41, 5.74) is 6.67. The van der Waals surface area contributed by atoms with Crippen LogP contribution in [0.15, 0.2) is 30.3 Å². The van der Waals surface area contributed by atoms with Crippen LogP contribution in [-0.4, -0.2) is 72.0 Å². The number of aliphatic hydroxyl groups excluding tert-OH is 1. The van der Waals surface area contributed by atoms with Crippen LogP contribution in [0.25, 0.3) is 0 Å². The van der Waals surface area contributed by atoms with Gasteiger partial charge >= 0.3 is 0 Å². The third-order valence-corrected chi connectivity index (χ3v) is 4.78. The number of carbonyl (C=O) groups is 2. The van der Waals surface area contributed by atoms with Gasteiger partial charge in [-0.2, -0.15) is 0 Å². The second-order valence-electron chi connectivity index (χ2n) is 7.10. The van der Waals surface area contributed by atoms with Gasteiger partial charge < -0.3 is 21.1 Å². The average Bonchev–Trinajstić information content (AvgIpc) is 2.66. The molecule has 7 nitrogen and oxygen atoms in total. The molecule has 1 unspecified atom stereocenters. The summed E-state index contributed by atoms with van der Waals surface area (Å²) < 4.78 is 0. The Morgan fingerprint density at radius 1 is 1.11 bits per heavy atom. The summed E-state index contributed by atoms with van der Waals surface area (Å²) in [5.74, 6) is -0.361. The number of amides is 2. The SMILES string of the molecule is CC(C)[C@H](N)C(=O)NCC(=O)N1CCN(CC(O)c2ccccc2)CC1.Cl.Cl. The fourth-order valence-corrected chi connectivity index (χ4v) is 2.90. The summed E-state index contributed by atoms with van der Waals surface area (Å²) in [7, 11) is 0. The molecule has 0 bridgehead atoms. The number of halogens is 2. The van der Waals surface area contributed by atoms with E-state index in [0.717, 1.165) is 5.56 Å². The Hall–Kier alpha value is -1.38. The number of nitrogens with two attached hydrogens (primary N) is 1. The predicted octanol–water partition coefficient (Wildman–Crippen LogP) is 0.807. The van der Waals surface area contributed by atoms with Crippen molar-refractivity contribution < 1.29 is 14.7 Å². The number of aliphatic hydroxyl groups is 1. The van der Waals surface area contributed by atoms with Crippen LogP contribution in [-0.2, 0) is 9.59 Å². The molecule has 1 saturated heterocycles. The first kappa shape index (κ1) is 26.6. The lowest BCUT2D eigenvalue weighted by Crippen LogP contribution is -2.53. The van der Waals surface area contributed by atoms with Crippen LogP contribution in [0.2, 0.25) is 0 Å². The molecule has 1 fully saturated rings. The van der Waals surface area contributed by atoms with Crippen molar-refractivity contribution in [3.05, 3.63) is 35.9 Å². The van der Waals surface area contributed by atoms with Crippen LogP contribution in [0.3, 0.4) is 0 Å². The van der Waals surface area contributed by atoms with Gasteiger partial charge in [0.15, 0.2) is 0 Å². The largest absolute Gasteiger partial charge is 0.387 e. The zero-order chi connectivity index (χ0) is 19.1. The lowest BCUT2D eigenvalue weighted by Gasteiger charge is -2.35. The summed E-state index contributed by atoms with van der Waals surface area (Å²) in [5, 5.41) is 12.9. The minimum atomic E-state index is -0.598. The lowest BCUT2D eigenvalue weighted by molar-refractivity contribution is -0.134. The number of piperazine rings is 1. The number of benzene rings is 1. The topological polar surface area (TPSA) is 98.9 Å². The van der Waals surface area contributed by atoms with E-state index >= 15 is 0 Å². The Morgan fingerprint density at radius 3 is 2.21 bits per heavy atom. The van der Waals surface area contributed by atoms with Gasteiger partial charge in [0.2, 0.25) is 11.8 Å². The summed E-state index contributed by atoms with van der Waals surface area (Å²) in [6.07, 6.45) is -0.532. The summed E-state index contributed by atoms with van der Waals surface area (Å²) in [6.45, 7) is 6.85. The molecule has 0 saturated carbocycles. The first-order valence-corrected chi connectivity index (χ1v) is 9.15. The van der Waals surface area contributed by atoms with Gasteiger partial charge in [-0.1, -0.05) is 44.2 Å². The summed E-state index contributed by atoms with van der Waals surface area (Å²) >= 11 is 0. The zero-order valence-electron chi connectivity index (χ0n) is 16.4. The first-order chi connectivity index (χ1) is 12.4. The van der Waals surface area contributed by atoms with Crippen molar-refractivity contribution in [3.63, 3.8) is 0 Å². The first-order valence-electron chi connectivity index (χ1n) is 9.15. The van der Waals surface area contributed by atoms with Crippen molar-refractivity contribution in [2.75, 3.05) is 39.3 Å². The van der Waals surface area contributed by atoms with Crippen molar-refractivity contribution in [1.29, 1.82) is 0 Å². The molecule has 2 rings (SSSR count). The molecular weight excluding hydrogens is 403 g/mol. The van der Waals surface area contributed by atoms with Gasteiger partial charge in [-0.15, -0.1) is 24.8 Å². The Bertz CT molecular complexity index is 596. The molecule has 0 radical (unpaired) electrons. The van der Waals surface area contributed by atoms with E-state index in [4.69, 9.17) is 5.73 Å². The highest BCUT2D eigenvalue weighted by Crippen LogP contribution is 2.15. The standard InChI is InChI=1S/C19H30N4O3.2ClH/c1-14(2)18(20)19(26)21-12-17(25)23-10-8-22(9-11-23)13-16(24)15-6-4-3-5-7-15;;/h3-7,14,16,18,24H,8-13,20H2,1-2H3,(H,21,26);2*1H/t16?,18-;;/m0../s1. The van der Waals surface area contributed by atoms with Crippen LogP contribution >= 0.6 is 24.8 Å². The molecule has 0 aliphatic carbocycles. The van der Waals surface area contributed by atoms with Crippen molar-refractivity contribution in [3.8, 4) is 0 Å². The minimum Gasteiger partial charge on any atom is -0.387 e. The quantitative estimate of drug-likeness (QED) is 0.589. The van der Waals surface area contributed by atoms with Crippen LogP contribution in [0.5, 0.6) is 0 Å². The van der Waals surface area contributed by atoms with Crippen molar-refractivity contribution >= 4 is 36.6 Å². The Kier molecular flexibility index (Phi) is 12.3. The Balaban J connectivity index is 0.00000364. The van der Waals surface area contributed by atoms with Crippen LogP contribution < -0.4 is 11.1 Å². The molecule has 1 aliphatic rings. The normalized spacial score (nSPS) is 16.5. The number of β-amino-alcohol motifs (C(OH)–C–C–N with tert-alkyl or cyclic N) is 1. The molecule has 2 amide bonds. The maximum Gasteiger partial charge on any atom is 0.242 e. The van der Waals surface area contributed by atoms with Crippen molar-refractivity contribution in [2.24, 2.45) is 11.7 Å². The van der Waals surface area contributed by atoms with Gasteiger partial charge in [-0.05, 0) is 11.5 Å². The molecule has 2 atom stereocenters. The smallest absolute Gasteiger partial charge is 0.242 e. The van der Waals surface area contributed by atoms with Crippen LogP contribution in [0, 0.1) is 5.92 Å². The molecule has 1 aromatic carbocycles. The Morgan fingerprint density at radius 2 is 1.68 bits per heavy atom. The van der Waals surface area contributed by atoms with Crippen LogP contribution in [0.4, 0.5) is 0 Å². The number of nitrogens with zero attached hydrogens (tertiary/aromatic N) is 2. The molecule has 28 heavy (non-hydrogen) atoms. The minimum absolute atomic E-state index is 0. The van der Waals surface area contributed by atoms with E-state index in [0.29, 0.717) is 32.7 Å². The summed E-state index contributed by atoms with van der Waals surface area (Å²) in [6, 6.07) is 8.97. The van der Waals surface area contributed by atoms with Crippen molar-refractivity contribution in [1.82, 2.24) is 15.1 Å². The highest BCUT2D eigenvalue weighted by Gasteiger charge is 2.24. The third-order valence-electron chi connectivity index (χ3n) is 4.78. The van der Waals surface area contributed by atoms with Gasteiger partial charge in [-0.25, -0.2) is 0 Å². The van der Waals surface area contributed by atoms with E-state index in [1.165, 1.54) is 0 Å². The average molecular weight is 435 g/mol. The number of hydrogen-bond donors (Lipinski definition) is 3. The van der Waals surface area contributed by atoms with Crippen molar-refractivity contribution in [2.45, 2.75) is 26.0 Å². The molecule has 1 aliphatic heterocycles. The lowest BCUT2D eigenvalue weighted by atomic mass is 10.1. The fourth-order valence-electron chi connectivity index (χ4n) is 2.90. The molecule has 1 heterocycles. The monoisotopic (exact) mass is 434 g/mol. The third kappa shape index (κ3) is 7.93. The van der Waals surface area contributed by atoms with E-state index in [1.807, 2.05) is 44.2 Å². The fraction of sp³-hybridized carbons (Fsp3) is 0.579. The molecule has 9 heteroatoms. The molecule has 160 valence electrons. The van der Waals surface area contributed by atoms with Gasteiger partial charge in [0, 0.05) is 32.7 Å². The molecule has 4 N–H and O–H groups in total. The maximum atomic E-state index is 12.2. The maximum absolute atomic E-state index is 12.2. The van der Waals surface area contributed by atoms with E-state index in [2.05, 4.69) is 10.2 Å². The van der Waals surface area contributed by atoms with E-state index < -0.39 is 12.1 Å². The number of carbonyl (C=O) groups excluding carboxylic acids is 2. The van der Waals surface area contributed by atoms with Gasteiger partial charge in [-0.3, -0.25) is 14.5 Å². The van der Waals surface area contributed by atoms with Gasteiger partial charge in [0.05, 0.1) is 18.7 Å². The molecule has 0 aromatic heterocycles. The number of rotatable bonds is 7. The van der Waals surface area contributed by atoms with Gasteiger partial charge in [0.25, 0.3) is 0 Å². The predicted molar refractivity (Wildman–Crippen MR) is 115 cm³/mol. The highest BCUT2D eigenvalue weighted by molar-refractivity contribution is 5.87. The van der Waals surface area contributed by atoms with E-state index in [-0.39, 0.29) is 49.1 Å². The number of nitrogens with one attached hydrogen (secondary N) is 1. The summed E-state index contributed by atoms with van der Waals surface area (Å²) in [4.78, 5) is 28.0. The van der Waals surface area contributed by atoms with E-state index in [1.54, 1.807) is 4.90 Å². The molecular formula is C19H32Cl2N4O3. The highest BCUT2D eigenvalue weighted by atomic mass is 35.5. The van der Waals surface area contributed by atoms with E-state index in [9.17, 15) is 14.7 Å². The second kappa shape index (κ2) is 13.0. The Labute approximate surface area is 179 Å². The molecule has 1 aromatic rings. The molecule has 0 spiro atoms. The zero-order valence-corrected chi connectivity index (χ0v) is 18.0. The van der Waals surface area contributed by atoms with Gasteiger partial charge in [0.1, 0.15) is 0 Å². The number of hydrogen-bond acceptors (Lipinski definition) is 5. The van der Waals surface area contributed by atoms with Crippen LogP contribution in [0.1, 0.15) is 25.5 Å². The second-order valence-corrected chi connectivity index (χ2v) is 7.10.